The van der Waals surface area contributed by atoms with Crippen molar-refractivity contribution >= 4 is 17.5 Å². The molecule has 2 rings (SSSR count). The number of hydrogen-bond acceptors (Lipinski definition) is 2. The zero-order valence-corrected chi connectivity index (χ0v) is 12.9. The molecule has 0 heterocycles. The maximum Gasteiger partial charge on any atom is 0.237 e. The molecule has 0 unspecified atom stereocenters. The quantitative estimate of drug-likeness (QED) is 0.920. The standard InChI is InChI=1S/C18H20N2O2/c1-13-8-9-15(10-14(13)2)11-18(22)20(12-17(19)21)16-6-4-3-5-7-16/h3-10H,11-12H2,1-2H3,(H2,19,21). The summed E-state index contributed by atoms with van der Waals surface area (Å²) in [4.78, 5) is 25.3. The van der Waals surface area contributed by atoms with E-state index in [-0.39, 0.29) is 18.9 Å². The Morgan fingerprint density at radius 2 is 1.68 bits per heavy atom. The number of anilines is 1. The highest BCUT2D eigenvalue weighted by atomic mass is 16.2. The maximum atomic E-state index is 12.6. The fourth-order valence-corrected chi connectivity index (χ4v) is 2.27. The first-order valence-electron chi connectivity index (χ1n) is 7.17. The second-order valence-corrected chi connectivity index (χ2v) is 5.38. The number of benzene rings is 2. The molecule has 2 N–H and O–H groups in total. The number of aryl methyl sites for hydroxylation is 2. The van der Waals surface area contributed by atoms with Gasteiger partial charge in [0.05, 0.1) is 6.42 Å². The molecule has 0 bridgehead atoms. The lowest BCUT2D eigenvalue weighted by Crippen LogP contribution is -2.39. The van der Waals surface area contributed by atoms with E-state index in [1.165, 1.54) is 10.5 Å². The van der Waals surface area contributed by atoms with Crippen LogP contribution in [0.25, 0.3) is 0 Å². The van der Waals surface area contributed by atoms with Crippen molar-refractivity contribution in [3.63, 3.8) is 0 Å². The van der Waals surface area contributed by atoms with Crippen LogP contribution in [0.15, 0.2) is 48.5 Å². The molecule has 0 aliphatic rings. The predicted molar refractivity (Wildman–Crippen MR) is 87.6 cm³/mol. The fraction of sp³-hybridized carbons (Fsp3) is 0.222. The third kappa shape index (κ3) is 3.95. The van der Waals surface area contributed by atoms with Gasteiger partial charge in [-0.05, 0) is 42.7 Å². The third-order valence-corrected chi connectivity index (χ3v) is 3.61. The average molecular weight is 296 g/mol. The SMILES string of the molecule is Cc1ccc(CC(=O)N(CC(N)=O)c2ccccc2)cc1C. The van der Waals surface area contributed by atoms with Crippen LogP contribution in [0.5, 0.6) is 0 Å². The Balaban J connectivity index is 2.22. The van der Waals surface area contributed by atoms with E-state index in [2.05, 4.69) is 0 Å². The van der Waals surface area contributed by atoms with E-state index >= 15 is 0 Å². The number of carbonyl (C=O) groups is 2. The van der Waals surface area contributed by atoms with E-state index in [1.54, 1.807) is 12.1 Å². The summed E-state index contributed by atoms with van der Waals surface area (Å²) in [6.45, 7) is 3.93. The Morgan fingerprint density at radius 1 is 1.00 bits per heavy atom. The Hall–Kier alpha value is -2.62. The van der Waals surface area contributed by atoms with Crippen molar-refractivity contribution in [1.29, 1.82) is 0 Å². The summed E-state index contributed by atoms with van der Waals surface area (Å²) in [6.07, 6.45) is 0.239. The summed E-state index contributed by atoms with van der Waals surface area (Å²) >= 11 is 0. The predicted octanol–water partition coefficient (Wildman–Crippen LogP) is 2.36. The first-order valence-corrected chi connectivity index (χ1v) is 7.17. The summed E-state index contributed by atoms with van der Waals surface area (Å²) in [5.41, 5.74) is 9.21. The molecule has 2 aromatic carbocycles. The number of primary amides is 1. The molecule has 0 fully saturated rings. The Labute approximate surface area is 130 Å². The van der Waals surface area contributed by atoms with Crippen molar-refractivity contribution in [3.8, 4) is 0 Å². The monoisotopic (exact) mass is 296 g/mol. The molecule has 0 radical (unpaired) electrons. The molecule has 0 saturated carbocycles. The molecule has 114 valence electrons. The van der Waals surface area contributed by atoms with Gasteiger partial charge >= 0.3 is 0 Å². The van der Waals surface area contributed by atoms with Crippen LogP contribution in [0.2, 0.25) is 0 Å². The molecule has 4 heteroatoms. The normalized spacial score (nSPS) is 10.3. The zero-order valence-electron chi connectivity index (χ0n) is 12.9. The van der Waals surface area contributed by atoms with E-state index in [0.717, 1.165) is 11.1 Å². The molecule has 22 heavy (non-hydrogen) atoms. The zero-order chi connectivity index (χ0) is 16.1. The number of nitrogens with zero attached hydrogens (tertiary/aromatic N) is 1. The summed E-state index contributed by atoms with van der Waals surface area (Å²) in [5, 5.41) is 0. The first-order chi connectivity index (χ1) is 10.5. The van der Waals surface area contributed by atoms with Gasteiger partial charge in [-0.25, -0.2) is 0 Å². The van der Waals surface area contributed by atoms with Crippen LogP contribution in [-0.4, -0.2) is 18.4 Å². The molecule has 0 aliphatic carbocycles. The number of hydrogen-bond donors (Lipinski definition) is 1. The second-order valence-electron chi connectivity index (χ2n) is 5.38. The van der Waals surface area contributed by atoms with Gasteiger partial charge in [-0.3, -0.25) is 9.59 Å². The number of carbonyl (C=O) groups excluding carboxylic acids is 2. The minimum atomic E-state index is -0.530. The highest BCUT2D eigenvalue weighted by molar-refractivity contribution is 5.99. The van der Waals surface area contributed by atoms with Crippen LogP contribution >= 0.6 is 0 Å². The molecule has 0 aliphatic heterocycles. The molecule has 2 aromatic rings. The van der Waals surface area contributed by atoms with Crippen LogP contribution in [0.4, 0.5) is 5.69 Å². The Kier molecular flexibility index (Phi) is 4.94. The summed E-state index contributed by atoms with van der Waals surface area (Å²) in [7, 11) is 0. The molecule has 0 aromatic heterocycles. The topological polar surface area (TPSA) is 63.4 Å². The van der Waals surface area contributed by atoms with Crippen LogP contribution in [0.1, 0.15) is 16.7 Å². The van der Waals surface area contributed by atoms with Gasteiger partial charge in [0.2, 0.25) is 11.8 Å². The number of rotatable bonds is 5. The van der Waals surface area contributed by atoms with Crippen LogP contribution in [0, 0.1) is 13.8 Å². The highest BCUT2D eigenvalue weighted by Gasteiger charge is 2.18. The van der Waals surface area contributed by atoms with Crippen LogP contribution in [-0.2, 0) is 16.0 Å². The number of nitrogens with two attached hydrogens (primary N) is 1. The first kappa shape index (κ1) is 15.8. The minimum Gasteiger partial charge on any atom is -0.368 e. The molecule has 0 atom stereocenters. The van der Waals surface area contributed by atoms with Gasteiger partial charge in [0.1, 0.15) is 6.54 Å². The van der Waals surface area contributed by atoms with Crippen molar-refractivity contribution in [1.82, 2.24) is 0 Å². The van der Waals surface area contributed by atoms with Gasteiger partial charge in [-0.15, -0.1) is 0 Å². The molecule has 4 nitrogen and oxygen atoms in total. The van der Waals surface area contributed by atoms with E-state index in [9.17, 15) is 9.59 Å². The van der Waals surface area contributed by atoms with Crippen LogP contribution < -0.4 is 10.6 Å². The van der Waals surface area contributed by atoms with Gasteiger partial charge in [0.15, 0.2) is 0 Å². The average Bonchev–Trinajstić information content (AvgIpc) is 2.49. The maximum absolute atomic E-state index is 12.6. The Morgan fingerprint density at radius 3 is 2.27 bits per heavy atom. The van der Waals surface area contributed by atoms with E-state index in [4.69, 9.17) is 5.73 Å². The summed E-state index contributed by atoms with van der Waals surface area (Å²) < 4.78 is 0. The van der Waals surface area contributed by atoms with Crippen molar-refractivity contribution < 1.29 is 9.59 Å². The number of amides is 2. The second kappa shape index (κ2) is 6.89. The van der Waals surface area contributed by atoms with Gasteiger partial charge in [0.25, 0.3) is 0 Å². The van der Waals surface area contributed by atoms with Gasteiger partial charge in [-0.2, -0.15) is 0 Å². The lowest BCUT2D eigenvalue weighted by atomic mass is 10.0. The van der Waals surface area contributed by atoms with Crippen molar-refractivity contribution in [3.05, 3.63) is 65.2 Å². The lowest BCUT2D eigenvalue weighted by molar-refractivity contribution is -0.122. The summed E-state index contributed by atoms with van der Waals surface area (Å²) in [6, 6.07) is 15.0. The smallest absolute Gasteiger partial charge is 0.237 e. The van der Waals surface area contributed by atoms with Gasteiger partial charge < -0.3 is 10.6 Å². The highest BCUT2D eigenvalue weighted by Crippen LogP contribution is 2.16. The fourth-order valence-electron chi connectivity index (χ4n) is 2.27. The largest absolute Gasteiger partial charge is 0.368 e. The number of para-hydroxylation sites is 1. The molecule has 2 amide bonds. The minimum absolute atomic E-state index is 0.117. The van der Waals surface area contributed by atoms with Crippen molar-refractivity contribution in [2.75, 3.05) is 11.4 Å². The molecular formula is C18H20N2O2. The van der Waals surface area contributed by atoms with Gasteiger partial charge in [-0.1, -0.05) is 36.4 Å². The van der Waals surface area contributed by atoms with Crippen molar-refractivity contribution in [2.24, 2.45) is 5.73 Å². The molecular weight excluding hydrogens is 276 g/mol. The van der Waals surface area contributed by atoms with Crippen LogP contribution in [0.3, 0.4) is 0 Å². The lowest BCUT2D eigenvalue weighted by Gasteiger charge is -2.21. The third-order valence-electron chi connectivity index (χ3n) is 3.61. The Bertz CT molecular complexity index is 681. The van der Waals surface area contributed by atoms with E-state index in [0.29, 0.717) is 5.69 Å². The van der Waals surface area contributed by atoms with E-state index in [1.807, 2.05) is 50.2 Å². The van der Waals surface area contributed by atoms with Gasteiger partial charge in [0, 0.05) is 5.69 Å². The van der Waals surface area contributed by atoms with E-state index < -0.39 is 5.91 Å². The summed E-state index contributed by atoms with van der Waals surface area (Å²) in [5.74, 6) is -0.675. The molecule has 0 saturated heterocycles. The molecule has 0 spiro atoms. The van der Waals surface area contributed by atoms with Crippen molar-refractivity contribution in [2.45, 2.75) is 20.3 Å².